The van der Waals surface area contributed by atoms with Crippen molar-refractivity contribution < 1.29 is 18.7 Å². The molecule has 5 nitrogen and oxygen atoms in total. The predicted molar refractivity (Wildman–Crippen MR) is 70.5 cm³/mol. The first-order chi connectivity index (χ1) is 9.10. The summed E-state index contributed by atoms with van der Waals surface area (Å²) in [5, 5.41) is 0. The molecule has 0 heterocycles. The Morgan fingerprint density at radius 2 is 1.84 bits per heavy atom. The molecule has 1 aromatic rings. The van der Waals surface area contributed by atoms with Crippen LogP contribution in [0.1, 0.15) is 10.4 Å². The second-order valence-electron chi connectivity index (χ2n) is 4.01. The van der Waals surface area contributed by atoms with Gasteiger partial charge in [0.05, 0.1) is 18.8 Å². The normalized spacial score (nSPS) is 10.5. The number of amides is 1. The summed E-state index contributed by atoms with van der Waals surface area (Å²) < 4.78 is 23.1. The molecule has 6 heteroatoms. The summed E-state index contributed by atoms with van der Waals surface area (Å²) in [5.41, 5.74) is 6.12. The van der Waals surface area contributed by atoms with Gasteiger partial charge in [0.2, 0.25) is 0 Å². The van der Waals surface area contributed by atoms with Gasteiger partial charge in [-0.3, -0.25) is 4.79 Å². The highest BCUT2D eigenvalue weighted by molar-refractivity contribution is 5.99. The molecule has 1 amide bonds. The third-order valence-electron chi connectivity index (χ3n) is 2.66. The fourth-order valence-corrected chi connectivity index (χ4v) is 1.60. The smallest absolute Gasteiger partial charge is 0.256 e. The minimum absolute atomic E-state index is 0.159. The Balaban J connectivity index is 2.87. The van der Waals surface area contributed by atoms with Gasteiger partial charge in [-0.05, 0) is 18.2 Å². The molecular formula is C13H19FN2O3. The lowest BCUT2D eigenvalue weighted by Gasteiger charge is -2.22. The molecule has 0 atom stereocenters. The molecule has 19 heavy (non-hydrogen) atoms. The van der Waals surface area contributed by atoms with E-state index in [1.165, 1.54) is 17.0 Å². The number of anilines is 1. The van der Waals surface area contributed by atoms with Gasteiger partial charge in [-0.25, -0.2) is 4.39 Å². The molecule has 0 unspecified atom stereocenters. The number of hydrogen-bond acceptors (Lipinski definition) is 4. The van der Waals surface area contributed by atoms with Gasteiger partial charge in [0.1, 0.15) is 5.82 Å². The highest BCUT2D eigenvalue weighted by Crippen LogP contribution is 2.15. The fraction of sp³-hybridized carbons (Fsp3) is 0.462. The average Bonchev–Trinajstić information content (AvgIpc) is 2.41. The minimum atomic E-state index is -0.490. The van der Waals surface area contributed by atoms with Crippen LogP contribution < -0.4 is 5.73 Å². The molecule has 2 N–H and O–H groups in total. The van der Waals surface area contributed by atoms with E-state index in [-0.39, 0.29) is 17.2 Å². The Bertz CT molecular complexity index is 418. The maximum absolute atomic E-state index is 13.2. The van der Waals surface area contributed by atoms with Crippen molar-refractivity contribution in [1.29, 1.82) is 0 Å². The number of methoxy groups -OCH3 is 2. The quantitative estimate of drug-likeness (QED) is 0.755. The van der Waals surface area contributed by atoms with E-state index in [9.17, 15) is 9.18 Å². The van der Waals surface area contributed by atoms with Crippen LogP contribution in [0.3, 0.4) is 0 Å². The number of rotatable bonds is 7. The molecule has 0 bridgehead atoms. The van der Waals surface area contributed by atoms with Crippen molar-refractivity contribution in [3.05, 3.63) is 29.6 Å². The SMILES string of the molecule is COCCN(CCOC)C(=O)c1cc(F)ccc1N. The number of ether oxygens (including phenoxy) is 2. The first kappa shape index (κ1) is 15.4. The maximum atomic E-state index is 13.2. The number of nitrogen functional groups attached to an aromatic ring is 1. The molecule has 0 aliphatic carbocycles. The van der Waals surface area contributed by atoms with Crippen LogP contribution in [0.2, 0.25) is 0 Å². The second-order valence-corrected chi connectivity index (χ2v) is 4.01. The molecule has 0 fully saturated rings. The van der Waals surface area contributed by atoms with E-state index in [0.717, 1.165) is 6.07 Å². The Kier molecular flexibility index (Phi) is 6.24. The number of benzene rings is 1. The second kappa shape index (κ2) is 7.70. The van der Waals surface area contributed by atoms with Crippen LogP contribution in [0.15, 0.2) is 18.2 Å². The number of carbonyl (C=O) groups excluding carboxylic acids is 1. The molecule has 0 radical (unpaired) electrons. The van der Waals surface area contributed by atoms with E-state index in [1.807, 2.05) is 0 Å². The molecule has 0 aromatic heterocycles. The standard InChI is InChI=1S/C13H19FN2O3/c1-18-7-5-16(6-8-19-2)13(17)11-9-10(14)3-4-12(11)15/h3-4,9H,5-8,15H2,1-2H3. The van der Waals surface area contributed by atoms with E-state index in [0.29, 0.717) is 26.3 Å². The molecule has 1 rings (SSSR count). The number of halogens is 1. The molecule has 106 valence electrons. The summed E-state index contributed by atoms with van der Waals surface area (Å²) in [6.45, 7) is 1.58. The highest BCUT2D eigenvalue weighted by atomic mass is 19.1. The van der Waals surface area contributed by atoms with E-state index >= 15 is 0 Å². The van der Waals surface area contributed by atoms with Crippen LogP contribution in [0.4, 0.5) is 10.1 Å². The van der Waals surface area contributed by atoms with Crippen molar-refractivity contribution in [3.8, 4) is 0 Å². The van der Waals surface area contributed by atoms with Crippen LogP contribution >= 0.6 is 0 Å². The topological polar surface area (TPSA) is 64.8 Å². The number of nitrogens with zero attached hydrogens (tertiary/aromatic N) is 1. The summed E-state index contributed by atoms with van der Waals surface area (Å²) in [7, 11) is 3.10. The highest BCUT2D eigenvalue weighted by Gasteiger charge is 2.18. The van der Waals surface area contributed by atoms with Gasteiger partial charge in [0.15, 0.2) is 0 Å². The molecular weight excluding hydrogens is 251 g/mol. The number of hydrogen-bond donors (Lipinski definition) is 1. The molecule has 0 saturated carbocycles. The molecule has 0 aliphatic rings. The van der Waals surface area contributed by atoms with Crippen molar-refractivity contribution in [2.45, 2.75) is 0 Å². The van der Waals surface area contributed by atoms with Crippen molar-refractivity contribution in [1.82, 2.24) is 4.90 Å². The summed E-state index contributed by atoms with van der Waals surface area (Å²) in [6, 6.07) is 3.75. The van der Waals surface area contributed by atoms with Crippen LogP contribution in [0.5, 0.6) is 0 Å². The zero-order valence-electron chi connectivity index (χ0n) is 11.2. The monoisotopic (exact) mass is 270 g/mol. The summed E-state index contributed by atoms with van der Waals surface area (Å²) in [4.78, 5) is 13.8. The summed E-state index contributed by atoms with van der Waals surface area (Å²) in [5.74, 6) is -0.818. The molecule has 0 aliphatic heterocycles. The number of carbonyl (C=O) groups is 1. The van der Waals surface area contributed by atoms with Gasteiger partial charge in [0.25, 0.3) is 5.91 Å². The maximum Gasteiger partial charge on any atom is 0.256 e. The van der Waals surface area contributed by atoms with Crippen molar-refractivity contribution in [2.75, 3.05) is 46.3 Å². The van der Waals surface area contributed by atoms with Gasteiger partial charge in [-0.2, -0.15) is 0 Å². The molecule has 1 aromatic carbocycles. The van der Waals surface area contributed by atoms with Gasteiger partial charge in [0, 0.05) is 33.0 Å². The van der Waals surface area contributed by atoms with Crippen LogP contribution in [0.25, 0.3) is 0 Å². The lowest BCUT2D eigenvalue weighted by molar-refractivity contribution is 0.0628. The van der Waals surface area contributed by atoms with Crippen molar-refractivity contribution in [2.24, 2.45) is 0 Å². The Labute approximate surface area is 112 Å². The first-order valence-corrected chi connectivity index (χ1v) is 5.92. The average molecular weight is 270 g/mol. The van der Waals surface area contributed by atoms with Crippen LogP contribution in [0, 0.1) is 5.82 Å². The largest absolute Gasteiger partial charge is 0.398 e. The molecule has 0 spiro atoms. The van der Waals surface area contributed by atoms with Gasteiger partial charge in [-0.1, -0.05) is 0 Å². The molecule has 0 saturated heterocycles. The number of nitrogens with two attached hydrogens (primary N) is 1. The lowest BCUT2D eigenvalue weighted by Crippen LogP contribution is -2.36. The van der Waals surface area contributed by atoms with Crippen LogP contribution in [-0.2, 0) is 9.47 Å². The van der Waals surface area contributed by atoms with E-state index in [4.69, 9.17) is 15.2 Å². The lowest BCUT2D eigenvalue weighted by atomic mass is 10.1. The van der Waals surface area contributed by atoms with Crippen molar-refractivity contribution >= 4 is 11.6 Å². The van der Waals surface area contributed by atoms with Gasteiger partial charge < -0.3 is 20.1 Å². The van der Waals surface area contributed by atoms with E-state index in [1.54, 1.807) is 14.2 Å². The van der Waals surface area contributed by atoms with Gasteiger partial charge in [-0.15, -0.1) is 0 Å². The fourth-order valence-electron chi connectivity index (χ4n) is 1.60. The van der Waals surface area contributed by atoms with E-state index < -0.39 is 5.82 Å². The Morgan fingerprint density at radius 1 is 1.26 bits per heavy atom. The zero-order valence-corrected chi connectivity index (χ0v) is 11.2. The summed E-state index contributed by atoms with van der Waals surface area (Å²) >= 11 is 0. The first-order valence-electron chi connectivity index (χ1n) is 5.92. The Morgan fingerprint density at radius 3 is 2.37 bits per heavy atom. The van der Waals surface area contributed by atoms with Crippen LogP contribution in [-0.4, -0.2) is 51.3 Å². The third-order valence-corrected chi connectivity index (χ3v) is 2.66. The Hall–Kier alpha value is -1.66. The third kappa shape index (κ3) is 4.50. The zero-order chi connectivity index (χ0) is 14.3. The predicted octanol–water partition coefficient (Wildman–Crippen LogP) is 1.14. The van der Waals surface area contributed by atoms with Gasteiger partial charge >= 0.3 is 0 Å². The van der Waals surface area contributed by atoms with E-state index in [2.05, 4.69) is 0 Å². The van der Waals surface area contributed by atoms with Crippen molar-refractivity contribution in [3.63, 3.8) is 0 Å². The minimum Gasteiger partial charge on any atom is -0.398 e. The summed E-state index contributed by atoms with van der Waals surface area (Å²) in [6.07, 6.45) is 0.